The number of hydrogen-bond donors (Lipinski definition) is 1. The molecular formula is C13H19BrN4O. The molecule has 0 radical (unpaired) electrons. The zero-order valence-corrected chi connectivity index (χ0v) is 13.0. The summed E-state index contributed by atoms with van der Waals surface area (Å²) in [6, 6.07) is 1.72. The minimum atomic E-state index is -0.239. The van der Waals surface area contributed by atoms with Crippen LogP contribution in [-0.2, 0) is 6.54 Å². The summed E-state index contributed by atoms with van der Waals surface area (Å²) >= 11 is 3.52. The Morgan fingerprint density at radius 2 is 2.26 bits per heavy atom. The Hall–Kier alpha value is -1.11. The number of nitrogens with zero attached hydrogens (tertiary/aromatic N) is 3. The maximum absolute atomic E-state index is 6.32. The molecule has 1 atom stereocenters. The van der Waals surface area contributed by atoms with Gasteiger partial charge in [-0.1, -0.05) is 0 Å². The van der Waals surface area contributed by atoms with Crippen LogP contribution in [0.15, 0.2) is 27.4 Å². The van der Waals surface area contributed by atoms with Crippen molar-refractivity contribution >= 4 is 15.9 Å². The molecule has 6 heteroatoms. The molecule has 0 aromatic carbocycles. The van der Waals surface area contributed by atoms with E-state index in [1.54, 1.807) is 12.5 Å². The first-order valence-corrected chi connectivity index (χ1v) is 6.95. The highest BCUT2D eigenvalue weighted by atomic mass is 79.9. The Kier molecular flexibility index (Phi) is 4.44. The standard InChI is InChI=1S/C13H19BrN4O/c1-9-6-10(8-19-9)12(15)13-11(14)7-16-18(13)5-4-17(2)3/h6-8,12H,4-5,15H2,1-3H3. The number of nitrogens with two attached hydrogens (primary N) is 1. The summed E-state index contributed by atoms with van der Waals surface area (Å²) in [6.07, 6.45) is 3.49. The molecule has 1 unspecified atom stereocenters. The van der Waals surface area contributed by atoms with E-state index < -0.39 is 0 Å². The van der Waals surface area contributed by atoms with Gasteiger partial charge in [0.15, 0.2) is 0 Å². The number of aryl methyl sites for hydroxylation is 1. The molecule has 19 heavy (non-hydrogen) atoms. The van der Waals surface area contributed by atoms with Crippen LogP contribution in [0.5, 0.6) is 0 Å². The van der Waals surface area contributed by atoms with Crippen LogP contribution in [0.3, 0.4) is 0 Å². The van der Waals surface area contributed by atoms with E-state index in [9.17, 15) is 0 Å². The van der Waals surface area contributed by atoms with Crippen LogP contribution in [0.1, 0.15) is 23.1 Å². The minimum Gasteiger partial charge on any atom is -0.469 e. The summed E-state index contributed by atoms with van der Waals surface area (Å²) in [7, 11) is 4.08. The number of aromatic nitrogens is 2. The molecule has 0 aliphatic heterocycles. The molecule has 0 bridgehead atoms. The molecule has 2 N–H and O–H groups in total. The SMILES string of the molecule is Cc1cc(C(N)c2c(Br)cnn2CCN(C)C)co1. The lowest BCUT2D eigenvalue weighted by Crippen LogP contribution is -2.23. The predicted molar refractivity (Wildman–Crippen MR) is 78.0 cm³/mol. The van der Waals surface area contributed by atoms with E-state index in [2.05, 4.69) is 25.9 Å². The Labute approximate surface area is 121 Å². The van der Waals surface area contributed by atoms with E-state index in [1.165, 1.54) is 0 Å². The molecule has 0 aliphatic rings. The fourth-order valence-electron chi connectivity index (χ4n) is 1.94. The van der Waals surface area contributed by atoms with Crippen molar-refractivity contribution < 1.29 is 4.42 Å². The van der Waals surface area contributed by atoms with Crippen molar-refractivity contribution in [2.45, 2.75) is 19.5 Å². The van der Waals surface area contributed by atoms with Crippen LogP contribution in [0.25, 0.3) is 0 Å². The summed E-state index contributed by atoms with van der Waals surface area (Å²) in [5.41, 5.74) is 8.26. The average Bonchev–Trinajstić information content (AvgIpc) is 2.92. The second-order valence-electron chi connectivity index (χ2n) is 4.87. The summed E-state index contributed by atoms with van der Waals surface area (Å²) in [6.45, 7) is 3.63. The second-order valence-corrected chi connectivity index (χ2v) is 5.73. The van der Waals surface area contributed by atoms with E-state index in [0.717, 1.165) is 34.6 Å². The smallest absolute Gasteiger partial charge is 0.101 e. The Morgan fingerprint density at radius 3 is 2.84 bits per heavy atom. The van der Waals surface area contributed by atoms with Gasteiger partial charge in [-0.2, -0.15) is 5.10 Å². The first kappa shape index (κ1) is 14.3. The van der Waals surface area contributed by atoms with Crippen LogP contribution < -0.4 is 5.73 Å². The van der Waals surface area contributed by atoms with Crippen molar-refractivity contribution in [3.8, 4) is 0 Å². The summed E-state index contributed by atoms with van der Waals surface area (Å²) in [5, 5.41) is 4.37. The number of halogens is 1. The van der Waals surface area contributed by atoms with E-state index in [-0.39, 0.29) is 6.04 Å². The van der Waals surface area contributed by atoms with Crippen LogP contribution in [-0.4, -0.2) is 35.3 Å². The number of likely N-dealkylation sites (N-methyl/N-ethyl adjacent to an activating group) is 1. The molecule has 104 valence electrons. The molecule has 0 saturated carbocycles. The highest BCUT2D eigenvalue weighted by Gasteiger charge is 2.19. The predicted octanol–water partition coefficient (Wildman–Crippen LogP) is 2.16. The molecule has 2 heterocycles. The molecule has 0 saturated heterocycles. The molecule has 0 spiro atoms. The zero-order valence-electron chi connectivity index (χ0n) is 11.4. The molecular weight excluding hydrogens is 308 g/mol. The van der Waals surface area contributed by atoms with Crippen molar-refractivity contribution in [1.82, 2.24) is 14.7 Å². The quantitative estimate of drug-likeness (QED) is 0.914. The van der Waals surface area contributed by atoms with E-state index in [4.69, 9.17) is 10.2 Å². The van der Waals surface area contributed by atoms with E-state index in [1.807, 2.05) is 31.8 Å². The van der Waals surface area contributed by atoms with Gasteiger partial charge >= 0.3 is 0 Å². The summed E-state index contributed by atoms with van der Waals surface area (Å²) < 4.78 is 8.20. The van der Waals surface area contributed by atoms with Gasteiger partial charge in [0.25, 0.3) is 0 Å². The summed E-state index contributed by atoms with van der Waals surface area (Å²) in [5.74, 6) is 0.862. The largest absolute Gasteiger partial charge is 0.469 e. The third-order valence-corrected chi connectivity index (χ3v) is 3.61. The highest BCUT2D eigenvalue weighted by molar-refractivity contribution is 9.10. The topological polar surface area (TPSA) is 60.2 Å². The van der Waals surface area contributed by atoms with Crippen molar-refractivity contribution in [2.75, 3.05) is 20.6 Å². The van der Waals surface area contributed by atoms with E-state index in [0.29, 0.717) is 0 Å². The number of furan rings is 1. The third kappa shape index (κ3) is 3.26. The van der Waals surface area contributed by atoms with Gasteiger partial charge in [-0.05, 0) is 43.0 Å². The molecule has 0 aliphatic carbocycles. The second kappa shape index (κ2) is 5.90. The molecule has 2 aromatic heterocycles. The van der Waals surface area contributed by atoms with Crippen LogP contribution in [0.2, 0.25) is 0 Å². The van der Waals surface area contributed by atoms with Crippen molar-refractivity contribution in [2.24, 2.45) is 5.73 Å². The monoisotopic (exact) mass is 326 g/mol. The van der Waals surface area contributed by atoms with Crippen LogP contribution >= 0.6 is 15.9 Å². The Morgan fingerprint density at radius 1 is 1.53 bits per heavy atom. The lowest BCUT2D eigenvalue weighted by Gasteiger charge is -2.15. The third-order valence-electron chi connectivity index (χ3n) is 3.00. The lowest BCUT2D eigenvalue weighted by atomic mass is 10.1. The van der Waals surface area contributed by atoms with Gasteiger partial charge in [0, 0.05) is 12.1 Å². The highest BCUT2D eigenvalue weighted by Crippen LogP contribution is 2.27. The number of hydrogen-bond acceptors (Lipinski definition) is 4. The van der Waals surface area contributed by atoms with Gasteiger partial charge in [0.05, 0.1) is 35.2 Å². The normalized spacial score (nSPS) is 13.2. The van der Waals surface area contributed by atoms with Gasteiger partial charge in [-0.25, -0.2) is 0 Å². The average molecular weight is 327 g/mol. The maximum Gasteiger partial charge on any atom is 0.101 e. The van der Waals surface area contributed by atoms with Gasteiger partial charge in [-0.15, -0.1) is 0 Å². The summed E-state index contributed by atoms with van der Waals surface area (Å²) in [4.78, 5) is 2.12. The van der Waals surface area contributed by atoms with Crippen molar-refractivity contribution in [3.63, 3.8) is 0 Å². The molecule has 2 rings (SSSR count). The molecule has 0 fully saturated rings. The van der Waals surface area contributed by atoms with Gasteiger partial charge in [-0.3, -0.25) is 4.68 Å². The first-order valence-electron chi connectivity index (χ1n) is 6.15. The fraction of sp³-hybridized carbons (Fsp3) is 0.462. The van der Waals surface area contributed by atoms with Gasteiger partial charge < -0.3 is 15.1 Å². The molecule has 2 aromatic rings. The van der Waals surface area contributed by atoms with Crippen LogP contribution in [0, 0.1) is 6.92 Å². The van der Waals surface area contributed by atoms with Crippen molar-refractivity contribution in [3.05, 3.63) is 40.0 Å². The Bertz CT molecular complexity index is 547. The van der Waals surface area contributed by atoms with Gasteiger partial charge in [0.1, 0.15) is 5.76 Å². The van der Waals surface area contributed by atoms with Crippen LogP contribution in [0.4, 0.5) is 0 Å². The first-order chi connectivity index (χ1) is 8.99. The zero-order chi connectivity index (χ0) is 14.0. The fourth-order valence-corrected chi connectivity index (χ4v) is 2.48. The Balaban J connectivity index is 2.25. The maximum atomic E-state index is 6.32. The van der Waals surface area contributed by atoms with Gasteiger partial charge in [0.2, 0.25) is 0 Å². The molecule has 0 amide bonds. The molecule has 5 nitrogen and oxygen atoms in total. The van der Waals surface area contributed by atoms with E-state index >= 15 is 0 Å². The number of rotatable bonds is 5. The minimum absolute atomic E-state index is 0.239. The van der Waals surface area contributed by atoms with Crippen molar-refractivity contribution in [1.29, 1.82) is 0 Å². The lowest BCUT2D eigenvalue weighted by molar-refractivity contribution is 0.368.